The van der Waals surface area contributed by atoms with Gasteiger partial charge < -0.3 is 15.8 Å². The van der Waals surface area contributed by atoms with E-state index in [2.05, 4.69) is 5.32 Å². The smallest absolute Gasteiger partial charge is 0.254 e. The summed E-state index contributed by atoms with van der Waals surface area (Å²) in [5.74, 6) is -0.557. The fourth-order valence-electron chi connectivity index (χ4n) is 2.00. The lowest BCUT2D eigenvalue weighted by atomic mass is 10.0. The molecule has 18 heavy (non-hydrogen) atoms. The van der Waals surface area contributed by atoms with Crippen molar-refractivity contribution in [2.75, 3.05) is 25.5 Å². The number of rotatable bonds is 3. The van der Waals surface area contributed by atoms with Crippen LogP contribution in [0.15, 0.2) is 18.2 Å². The van der Waals surface area contributed by atoms with Gasteiger partial charge in [0.15, 0.2) is 0 Å². The molecule has 4 nitrogen and oxygen atoms in total. The van der Waals surface area contributed by atoms with Gasteiger partial charge in [-0.2, -0.15) is 0 Å². The van der Waals surface area contributed by atoms with Crippen molar-refractivity contribution in [1.29, 1.82) is 0 Å². The number of amides is 1. The highest BCUT2D eigenvalue weighted by molar-refractivity contribution is 5.94. The first kappa shape index (κ1) is 12.8. The summed E-state index contributed by atoms with van der Waals surface area (Å²) in [6, 6.07) is 4.08. The quantitative estimate of drug-likeness (QED) is 0.802. The predicted octanol–water partition coefficient (Wildman–Crippen LogP) is 1.56. The van der Waals surface area contributed by atoms with Gasteiger partial charge in [-0.05, 0) is 37.0 Å². The number of nitrogens with two attached hydrogens (primary N) is 1. The van der Waals surface area contributed by atoms with E-state index < -0.39 is 5.82 Å². The largest absolute Gasteiger partial charge is 0.399 e. The minimum absolute atomic E-state index is 0.0382. The van der Waals surface area contributed by atoms with Crippen LogP contribution in [0.4, 0.5) is 10.1 Å². The standard InChI is InChI=1S/C13H17FN2O2/c14-12-7-10(15)1-2-11(12)13(17)16-8-9-3-5-18-6-4-9/h1-2,7,9H,3-6,8,15H2,(H,16,17). The molecule has 1 aliphatic heterocycles. The lowest BCUT2D eigenvalue weighted by Gasteiger charge is -2.22. The molecular weight excluding hydrogens is 235 g/mol. The Balaban J connectivity index is 1.90. The number of carbonyl (C=O) groups is 1. The van der Waals surface area contributed by atoms with E-state index in [-0.39, 0.29) is 11.5 Å². The van der Waals surface area contributed by atoms with E-state index in [1.54, 1.807) is 0 Å². The van der Waals surface area contributed by atoms with Crippen LogP contribution < -0.4 is 11.1 Å². The van der Waals surface area contributed by atoms with Crippen LogP contribution in [0.25, 0.3) is 0 Å². The summed E-state index contributed by atoms with van der Waals surface area (Å²) in [6.07, 6.45) is 1.87. The summed E-state index contributed by atoms with van der Waals surface area (Å²) >= 11 is 0. The van der Waals surface area contributed by atoms with Gasteiger partial charge in [0.2, 0.25) is 0 Å². The molecule has 0 aliphatic carbocycles. The molecule has 3 N–H and O–H groups in total. The zero-order chi connectivity index (χ0) is 13.0. The SMILES string of the molecule is Nc1ccc(C(=O)NCC2CCOCC2)c(F)c1. The lowest BCUT2D eigenvalue weighted by Crippen LogP contribution is -2.32. The third-order valence-corrected chi connectivity index (χ3v) is 3.13. The average Bonchev–Trinajstić information content (AvgIpc) is 2.37. The maximum atomic E-state index is 13.5. The maximum absolute atomic E-state index is 13.5. The summed E-state index contributed by atoms with van der Waals surface area (Å²) in [4.78, 5) is 11.8. The number of benzene rings is 1. The van der Waals surface area contributed by atoms with E-state index in [0.717, 1.165) is 32.1 Å². The highest BCUT2D eigenvalue weighted by Crippen LogP contribution is 2.15. The molecule has 1 heterocycles. The molecular formula is C13H17FN2O2. The number of carbonyl (C=O) groups excluding carboxylic acids is 1. The molecule has 0 aromatic heterocycles. The first-order valence-corrected chi connectivity index (χ1v) is 6.08. The third kappa shape index (κ3) is 3.20. The van der Waals surface area contributed by atoms with Crippen molar-refractivity contribution in [2.24, 2.45) is 5.92 Å². The Hall–Kier alpha value is -1.62. The van der Waals surface area contributed by atoms with Crippen LogP contribution in [0.3, 0.4) is 0 Å². The summed E-state index contributed by atoms with van der Waals surface area (Å²) in [5.41, 5.74) is 5.78. The summed E-state index contributed by atoms with van der Waals surface area (Å²) in [6.45, 7) is 2.03. The number of ether oxygens (including phenoxy) is 1. The molecule has 0 saturated carbocycles. The number of nitrogens with one attached hydrogen (secondary N) is 1. The Labute approximate surface area is 105 Å². The topological polar surface area (TPSA) is 64.4 Å². The number of anilines is 1. The Kier molecular flexibility index (Phi) is 4.15. The Morgan fingerprint density at radius 1 is 1.44 bits per heavy atom. The van der Waals surface area contributed by atoms with E-state index in [9.17, 15) is 9.18 Å². The number of hydrogen-bond acceptors (Lipinski definition) is 3. The van der Waals surface area contributed by atoms with Gasteiger partial charge in [-0.25, -0.2) is 4.39 Å². The zero-order valence-corrected chi connectivity index (χ0v) is 10.1. The van der Waals surface area contributed by atoms with Gasteiger partial charge in [-0.3, -0.25) is 4.79 Å². The molecule has 0 atom stereocenters. The fraction of sp³-hybridized carbons (Fsp3) is 0.462. The van der Waals surface area contributed by atoms with Crippen molar-refractivity contribution in [1.82, 2.24) is 5.32 Å². The van der Waals surface area contributed by atoms with Crippen molar-refractivity contribution in [2.45, 2.75) is 12.8 Å². The van der Waals surface area contributed by atoms with Gasteiger partial charge in [0.05, 0.1) is 5.56 Å². The normalized spacial score (nSPS) is 16.5. The Morgan fingerprint density at radius 3 is 2.83 bits per heavy atom. The second-order valence-electron chi connectivity index (χ2n) is 4.51. The van der Waals surface area contributed by atoms with Crippen LogP contribution in [0.5, 0.6) is 0 Å². The fourth-order valence-corrected chi connectivity index (χ4v) is 2.00. The van der Waals surface area contributed by atoms with E-state index in [0.29, 0.717) is 18.2 Å². The van der Waals surface area contributed by atoms with E-state index in [4.69, 9.17) is 10.5 Å². The van der Waals surface area contributed by atoms with Crippen LogP contribution in [-0.4, -0.2) is 25.7 Å². The van der Waals surface area contributed by atoms with Crippen molar-refractivity contribution in [3.63, 3.8) is 0 Å². The molecule has 0 spiro atoms. The molecule has 0 bridgehead atoms. The van der Waals surface area contributed by atoms with Crippen LogP contribution >= 0.6 is 0 Å². The summed E-state index contributed by atoms with van der Waals surface area (Å²) in [7, 11) is 0. The molecule has 0 radical (unpaired) electrons. The minimum atomic E-state index is -0.584. The molecule has 0 unspecified atom stereocenters. The van der Waals surface area contributed by atoms with Crippen LogP contribution in [0, 0.1) is 11.7 Å². The molecule has 1 fully saturated rings. The third-order valence-electron chi connectivity index (χ3n) is 3.13. The van der Waals surface area contributed by atoms with Crippen molar-refractivity contribution >= 4 is 11.6 Å². The first-order valence-electron chi connectivity index (χ1n) is 6.08. The number of halogens is 1. The van der Waals surface area contributed by atoms with Gasteiger partial charge in [-0.1, -0.05) is 0 Å². The molecule has 5 heteroatoms. The van der Waals surface area contributed by atoms with E-state index in [1.807, 2.05) is 0 Å². The molecule has 2 rings (SSSR count). The summed E-state index contributed by atoms with van der Waals surface area (Å²) in [5, 5.41) is 2.75. The second-order valence-corrected chi connectivity index (χ2v) is 4.51. The molecule has 1 aliphatic rings. The molecule has 1 aromatic rings. The number of hydrogen-bond donors (Lipinski definition) is 2. The van der Waals surface area contributed by atoms with Gasteiger partial charge in [-0.15, -0.1) is 0 Å². The molecule has 1 aromatic carbocycles. The lowest BCUT2D eigenvalue weighted by molar-refractivity contribution is 0.0642. The van der Waals surface area contributed by atoms with Crippen LogP contribution in [0.2, 0.25) is 0 Å². The summed E-state index contributed by atoms with van der Waals surface area (Å²) < 4.78 is 18.7. The maximum Gasteiger partial charge on any atom is 0.254 e. The minimum Gasteiger partial charge on any atom is -0.399 e. The molecule has 98 valence electrons. The highest BCUT2D eigenvalue weighted by atomic mass is 19.1. The second kappa shape index (κ2) is 5.82. The van der Waals surface area contributed by atoms with Gasteiger partial charge in [0.1, 0.15) is 5.82 Å². The Morgan fingerprint density at radius 2 is 2.17 bits per heavy atom. The van der Waals surface area contributed by atoms with Crippen molar-refractivity contribution in [3.05, 3.63) is 29.6 Å². The van der Waals surface area contributed by atoms with Gasteiger partial charge in [0.25, 0.3) is 5.91 Å². The van der Waals surface area contributed by atoms with E-state index >= 15 is 0 Å². The van der Waals surface area contributed by atoms with E-state index in [1.165, 1.54) is 12.1 Å². The average molecular weight is 252 g/mol. The first-order chi connectivity index (χ1) is 8.66. The van der Waals surface area contributed by atoms with Gasteiger partial charge in [0, 0.05) is 25.4 Å². The predicted molar refractivity (Wildman–Crippen MR) is 66.7 cm³/mol. The monoisotopic (exact) mass is 252 g/mol. The van der Waals surface area contributed by atoms with Crippen molar-refractivity contribution < 1.29 is 13.9 Å². The molecule has 1 amide bonds. The van der Waals surface area contributed by atoms with Crippen molar-refractivity contribution in [3.8, 4) is 0 Å². The molecule has 1 saturated heterocycles. The Bertz CT molecular complexity index is 431. The zero-order valence-electron chi connectivity index (χ0n) is 10.1. The highest BCUT2D eigenvalue weighted by Gasteiger charge is 2.16. The van der Waals surface area contributed by atoms with Gasteiger partial charge >= 0.3 is 0 Å². The number of nitrogen functional groups attached to an aromatic ring is 1. The van der Waals surface area contributed by atoms with Crippen LogP contribution in [0.1, 0.15) is 23.2 Å². The van der Waals surface area contributed by atoms with Crippen LogP contribution in [-0.2, 0) is 4.74 Å².